The first-order valence-electron chi connectivity index (χ1n) is 9.05. The Bertz CT molecular complexity index is 242. The molecule has 0 bridgehead atoms. The van der Waals surface area contributed by atoms with Gasteiger partial charge in [0.2, 0.25) is 0 Å². The molecule has 0 unspecified atom stereocenters. The molecule has 0 aliphatic carbocycles. The van der Waals surface area contributed by atoms with Gasteiger partial charge in [0.25, 0.3) is 0 Å². The Balaban J connectivity index is 1.90. The van der Waals surface area contributed by atoms with Crippen LogP contribution in [0, 0.1) is 17.8 Å². The summed E-state index contributed by atoms with van der Waals surface area (Å²) in [6, 6.07) is 0. The second-order valence-electron chi connectivity index (χ2n) is 8.10. The Labute approximate surface area is 127 Å². The van der Waals surface area contributed by atoms with Gasteiger partial charge in [0.1, 0.15) is 0 Å². The molecule has 1 aliphatic heterocycles. The second kappa shape index (κ2) is 9.07. The second-order valence-corrected chi connectivity index (χ2v) is 8.10. The first kappa shape index (κ1) is 18.0. The molecule has 0 N–H and O–H groups in total. The van der Waals surface area contributed by atoms with Gasteiger partial charge in [-0.05, 0) is 31.1 Å². The van der Waals surface area contributed by atoms with E-state index in [0.29, 0.717) is 0 Å². The highest BCUT2D eigenvalue weighted by Gasteiger charge is 2.38. The van der Waals surface area contributed by atoms with Crippen molar-refractivity contribution in [3.63, 3.8) is 0 Å². The van der Waals surface area contributed by atoms with Crippen molar-refractivity contribution in [1.29, 1.82) is 0 Å². The van der Waals surface area contributed by atoms with E-state index in [1.54, 1.807) is 0 Å². The molecule has 120 valence electrons. The van der Waals surface area contributed by atoms with E-state index < -0.39 is 0 Å². The highest BCUT2D eigenvalue weighted by atomic mass is 16.6. The molecule has 1 fully saturated rings. The molecule has 1 rings (SSSR count). The van der Waals surface area contributed by atoms with Gasteiger partial charge in [-0.15, -0.1) is 0 Å². The van der Waals surface area contributed by atoms with E-state index in [1.807, 2.05) is 0 Å². The molecule has 0 aromatic rings. The molecule has 3 atom stereocenters. The maximum Gasteiger partial charge on any atom is 0.0888 e. The van der Waals surface area contributed by atoms with Gasteiger partial charge in [-0.25, -0.2) is 0 Å². The fourth-order valence-corrected chi connectivity index (χ4v) is 3.07. The molecule has 0 aromatic heterocycles. The van der Waals surface area contributed by atoms with E-state index in [1.165, 1.54) is 57.8 Å². The maximum atomic E-state index is 5.44. The number of hydrogen-bond donors (Lipinski definition) is 0. The molecule has 20 heavy (non-hydrogen) atoms. The third-order valence-corrected chi connectivity index (χ3v) is 4.91. The van der Waals surface area contributed by atoms with Crippen LogP contribution in [0.5, 0.6) is 0 Å². The molecule has 0 radical (unpaired) electrons. The van der Waals surface area contributed by atoms with E-state index in [2.05, 4.69) is 34.6 Å². The highest BCUT2D eigenvalue weighted by molar-refractivity contribution is 4.86. The number of epoxide rings is 1. The summed E-state index contributed by atoms with van der Waals surface area (Å²) in [6.45, 7) is 12.8. The van der Waals surface area contributed by atoms with Gasteiger partial charge in [0, 0.05) is 0 Å². The summed E-state index contributed by atoms with van der Waals surface area (Å²) in [6.07, 6.45) is 12.6. The number of rotatable bonds is 12. The van der Waals surface area contributed by atoms with Crippen LogP contribution in [0.15, 0.2) is 0 Å². The summed E-state index contributed by atoms with van der Waals surface area (Å²) in [5, 5.41) is 0. The van der Waals surface area contributed by atoms with E-state index >= 15 is 0 Å². The van der Waals surface area contributed by atoms with Gasteiger partial charge in [-0.1, -0.05) is 79.1 Å². The quantitative estimate of drug-likeness (QED) is 0.387. The van der Waals surface area contributed by atoms with Crippen LogP contribution in [0.2, 0.25) is 0 Å². The van der Waals surface area contributed by atoms with Crippen LogP contribution in [0.1, 0.15) is 92.4 Å². The monoisotopic (exact) mass is 282 g/mol. The predicted octanol–water partition coefficient (Wildman–Crippen LogP) is 6.21. The van der Waals surface area contributed by atoms with Gasteiger partial charge in [0.15, 0.2) is 0 Å². The van der Waals surface area contributed by atoms with Crippen molar-refractivity contribution in [3.8, 4) is 0 Å². The topological polar surface area (TPSA) is 12.5 Å². The van der Waals surface area contributed by atoms with Gasteiger partial charge >= 0.3 is 0 Å². The van der Waals surface area contributed by atoms with E-state index in [-0.39, 0.29) is 5.60 Å². The lowest BCUT2D eigenvalue weighted by Crippen LogP contribution is -2.05. The molecule has 0 aromatic carbocycles. The van der Waals surface area contributed by atoms with Crippen molar-refractivity contribution in [2.45, 2.75) is 98.0 Å². The summed E-state index contributed by atoms with van der Waals surface area (Å²) in [7, 11) is 0. The third kappa shape index (κ3) is 9.00. The van der Waals surface area contributed by atoms with Crippen LogP contribution in [-0.4, -0.2) is 12.2 Å². The first-order valence-corrected chi connectivity index (χ1v) is 9.05. The molecule has 1 nitrogen and oxygen atoms in total. The predicted molar refractivity (Wildman–Crippen MR) is 89.1 cm³/mol. The molecule has 1 heterocycles. The zero-order valence-electron chi connectivity index (χ0n) is 14.7. The summed E-state index contributed by atoms with van der Waals surface area (Å²) in [5.41, 5.74) is 0.269. The zero-order valence-corrected chi connectivity index (χ0v) is 14.7. The summed E-state index contributed by atoms with van der Waals surface area (Å²) < 4.78 is 5.44. The normalized spacial score (nSPS) is 24.9. The minimum Gasteiger partial charge on any atom is -0.370 e. The molecule has 0 saturated carbocycles. The van der Waals surface area contributed by atoms with Gasteiger partial charge in [-0.2, -0.15) is 0 Å². The standard InChI is InChI=1S/C19H38O/c1-16(2)9-6-10-17(3)11-7-12-18(4)13-8-14-19(5)15-20-19/h16-18H,6-15H2,1-5H3/t17-,18-,19-/m1/s1. The summed E-state index contributed by atoms with van der Waals surface area (Å²) in [4.78, 5) is 0. The van der Waals surface area contributed by atoms with Crippen LogP contribution in [-0.2, 0) is 4.74 Å². The Kier molecular flexibility index (Phi) is 8.17. The Morgan fingerprint density at radius 3 is 1.70 bits per heavy atom. The van der Waals surface area contributed by atoms with Gasteiger partial charge in [-0.3, -0.25) is 0 Å². The fraction of sp³-hybridized carbons (Fsp3) is 1.00. The van der Waals surface area contributed by atoms with Gasteiger partial charge in [0.05, 0.1) is 12.2 Å². The van der Waals surface area contributed by atoms with Crippen molar-refractivity contribution in [1.82, 2.24) is 0 Å². The van der Waals surface area contributed by atoms with E-state index in [0.717, 1.165) is 24.4 Å². The zero-order chi connectivity index (χ0) is 15.0. The van der Waals surface area contributed by atoms with E-state index in [4.69, 9.17) is 4.74 Å². The lowest BCUT2D eigenvalue weighted by molar-refractivity contribution is 0.293. The molecule has 1 aliphatic rings. The van der Waals surface area contributed by atoms with Crippen molar-refractivity contribution >= 4 is 0 Å². The minimum atomic E-state index is 0.269. The summed E-state index contributed by atoms with van der Waals surface area (Å²) >= 11 is 0. The largest absolute Gasteiger partial charge is 0.370 e. The molecule has 1 saturated heterocycles. The average Bonchev–Trinajstić information content (AvgIpc) is 3.07. The molecule has 1 heteroatoms. The molecule has 0 spiro atoms. The lowest BCUT2D eigenvalue weighted by Gasteiger charge is -2.15. The lowest BCUT2D eigenvalue weighted by atomic mass is 9.91. The van der Waals surface area contributed by atoms with Crippen molar-refractivity contribution in [3.05, 3.63) is 0 Å². The third-order valence-electron chi connectivity index (χ3n) is 4.91. The highest BCUT2D eigenvalue weighted by Crippen LogP contribution is 2.32. The van der Waals surface area contributed by atoms with Crippen LogP contribution in [0.4, 0.5) is 0 Å². The first-order chi connectivity index (χ1) is 9.41. The average molecular weight is 283 g/mol. The van der Waals surface area contributed by atoms with Gasteiger partial charge < -0.3 is 4.74 Å². The molecular formula is C19H38O. The number of ether oxygens (including phenoxy) is 1. The molecule has 0 amide bonds. The van der Waals surface area contributed by atoms with Crippen molar-refractivity contribution < 1.29 is 4.74 Å². The Morgan fingerprint density at radius 2 is 1.25 bits per heavy atom. The smallest absolute Gasteiger partial charge is 0.0888 e. The Hall–Kier alpha value is -0.0400. The SMILES string of the molecule is CC(C)CCC[C@@H](C)CCC[C@@H](C)CCC[C@]1(C)CO1. The summed E-state index contributed by atoms with van der Waals surface area (Å²) in [5.74, 6) is 2.71. The Morgan fingerprint density at radius 1 is 0.800 bits per heavy atom. The van der Waals surface area contributed by atoms with Crippen LogP contribution in [0.25, 0.3) is 0 Å². The minimum absolute atomic E-state index is 0.269. The number of hydrogen-bond acceptors (Lipinski definition) is 1. The maximum absolute atomic E-state index is 5.44. The van der Waals surface area contributed by atoms with Crippen LogP contribution >= 0.6 is 0 Å². The van der Waals surface area contributed by atoms with Crippen molar-refractivity contribution in [2.75, 3.05) is 6.61 Å². The fourth-order valence-electron chi connectivity index (χ4n) is 3.07. The van der Waals surface area contributed by atoms with Crippen LogP contribution in [0.3, 0.4) is 0 Å². The van der Waals surface area contributed by atoms with E-state index in [9.17, 15) is 0 Å². The molecular weight excluding hydrogens is 244 g/mol. The van der Waals surface area contributed by atoms with Crippen LogP contribution < -0.4 is 0 Å². The van der Waals surface area contributed by atoms with Crippen molar-refractivity contribution in [2.24, 2.45) is 17.8 Å².